The molecule has 31 heavy (non-hydrogen) atoms. The number of ketones is 1. The lowest BCUT2D eigenvalue weighted by molar-refractivity contribution is -0.116. The van der Waals surface area contributed by atoms with Gasteiger partial charge in [0.2, 0.25) is 5.91 Å². The molecule has 160 valence electrons. The van der Waals surface area contributed by atoms with E-state index in [0.29, 0.717) is 54.5 Å². The van der Waals surface area contributed by atoms with Gasteiger partial charge in [-0.1, -0.05) is 12.1 Å². The highest BCUT2D eigenvalue weighted by Gasteiger charge is 2.27. The number of carbonyl (C=O) groups is 2. The van der Waals surface area contributed by atoms with Gasteiger partial charge in [0.15, 0.2) is 17.3 Å². The number of para-hydroxylation sites is 1. The minimum absolute atomic E-state index is 0.0184. The molecular weight excluding hydrogens is 394 g/mol. The summed E-state index contributed by atoms with van der Waals surface area (Å²) in [7, 11) is 0. The maximum atomic E-state index is 12.9. The zero-order chi connectivity index (χ0) is 21.6. The van der Waals surface area contributed by atoms with Crippen LogP contribution in [0.2, 0.25) is 0 Å². The Hall–Kier alpha value is -3.37. The molecule has 0 bridgehead atoms. The SMILES string of the molecule is N#Cc1ccccc1NC(=O)CCN1CCC(C(=O)c2ccc3c(c2)OCCO3)CC1. The summed E-state index contributed by atoms with van der Waals surface area (Å²) >= 11 is 0. The Bertz CT molecular complexity index is 1010. The summed E-state index contributed by atoms with van der Waals surface area (Å²) in [5, 5.41) is 11.9. The van der Waals surface area contributed by atoms with E-state index in [9.17, 15) is 9.59 Å². The van der Waals surface area contributed by atoms with Crippen LogP contribution < -0.4 is 14.8 Å². The van der Waals surface area contributed by atoms with Crippen LogP contribution in [0, 0.1) is 17.2 Å². The van der Waals surface area contributed by atoms with Gasteiger partial charge in [-0.25, -0.2) is 0 Å². The average molecular weight is 419 g/mol. The Labute approximate surface area is 181 Å². The molecule has 1 fully saturated rings. The number of carbonyl (C=O) groups excluding carboxylic acids is 2. The molecule has 0 atom stereocenters. The molecule has 2 aromatic rings. The van der Waals surface area contributed by atoms with Crippen molar-refractivity contribution in [3.05, 3.63) is 53.6 Å². The molecule has 1 saturated heterocycles. The second kappa shape index (κ2) is 9.63. The molecule has 0 saturated carbocycles. The zero-order valence-corrected chi connectivity index (χ0v) is 17.3. The van der Waals surface area contributed by atoms with Crippen LogP contribution in [-0.2, 0) is 4.79 Å². The van der Waals surface area contributed by atoms with Crippen LogP contribution >= 0.6 is 0 Å². The van der Waals surface area contributed by atoms with Crippen molar-refractivity contribution >= 4 is 17.4 Å². The predicted octanol–water partition coefficient (Wildman–Crippen LogP) is 3.25. The number of nitriles is 1. The monoisotopic (exact) mass is 419 g/mol. The Morgan fingerprint density at radius 3 is 2.58 bits per heavy atom. The molecule has 1 amide bonds. The zero-order valence-electron chi connectivity index (χ0n) is 17.3. The van der Waals surface area contributed by atoms with Crippen LogP contribution in [-0.4, -0.2) is 49.4 Å². The van der Waals surface area contributed by atoms with Gasteiger partial charge in [0.25, 0.3) is 0 Å². The first-order valence-electron chi connectivity index (χ1n) is 10.6. The summed E-state index contributed by atoms with van der Waals surface area (Å²) in [5.41, 5.74) is 1.66. The molecule has 0 spiro atoms. The van der Waals surface area contributed by atoms with Gasteiger partial charge < -0.3 is 19.7 Å². The summed E-state index contributed by atoms with van der Waals surface area (Å²) in [6.07, 6.45) is 1.89. The van der Waals surface area contributed by atoms with Crippen molar-refractivity contribution in [2.24, 2.45) is 5.92 Å². The molecule has 0 unspecified atom stereocenters. The van der Waals surface area contributed by atoms with Crippen molar-refractivity contribution in [2.45, 2.75) is 19.3 Å². The van der Waals surface area contributed by atoms with Crippen LogP contribution in [0.4, 0.5) is 5.69 Å². The molecule has 2 heterocycles. The van der Waals surface area contributed by atoms with Gasteiger partial charge >= 0.3 is 0 Å². The normalized spacial score (nSPS) is 16.4. The van der Waals surface area contributed by atoms with Gasteiger partial charge in [-0.15, -0.1) is 0 Å². The number of nitrogens with one attached hydrogen (secondary N) is 1. The van der Waals surface area contributed by atoms with Gasteiger partial charge in [0, 0.05) is 24.4 Å². The largest absolute Gasteiger partial charge is 0.486 e. The fraction of sp³-hybridized carbons (Fsp3) is 0.375. The Kier molecular flexibility index (Phi) is 6.48. The quantitative estimate of drug-likeness (QED) is 0.723. The molecule has 7 heteroatoms. The Balaban J connectivity index is 1.25. The second-order valence-electron chi connectivity index (χ2n) is 7.79. The molecule has 2 aliphatic rings. The fourth-order valence-electron chi connectivity index (χ4n) is 4.01. The van der Waals surface area contributed by atoms with E-state index >= 15 is 0 Å². The summed E-state index contributed by atoms with van der Waals surface area (Å²) in [4.78, 5) is 27.4. The maximum absolute atomic E-state index is 12.9. The molecule has 2 aliphatic heterocycles. The number of anilines is 1. The molecular formula is C24H25N3O4. The van der Waals surface area contributed by atoms with Gasteiger partial charge in [-0.05, 0) is 56.3 Å². The lowest BCUT2D eigenvalue weighted by Gasteiger charge is -2.31. The molecule has 1 N–H and O–H groups in total. The van der Waals surface area contributed by atoms with Crippen molar-refractivity contribution < 1.29 is 19.1 Å². The predicted molar refractivity (Wildman–Crippen MR) is 115 cm³/mol. The highest BCUT2D eigenvalue weighted by Crippen LogP contribution is 2.32. The van der Waals surface area contributed by atoms with Crippen LogP contribution in [0.3, 0.4) is 0 Å². The highest BCUT2D eigenvalue weighted by molar-refractivity contribution is 5.98. The van der Waals surface area contributed by atoms with E-state index in [-0.39, 0.29) is 17.6 Å². The summed E-state index contributed by atoms with van der Waals surface area (Å²) in [5.74, 6) is 1.33. The number of rotatable bonds is 6. The van der Waals surface area contributed by atoms with Crippen molar-refractivity contribution in [1.29, 1.82) is 5.26 Å². The van der Waals surface area contributed by atoms with Gasteiger partial charge in [0.1, 0.15) is 19.3 Å². The first-order chi connectivity index (χ1) is 15.1. The van der Waals surface area contributed by atoms with Gasteiger partial charge in [-0.3, -0.25) is 9.59 Å². The summed E-state index contributed by atoms with van der Waals surface area (Å²) in [6.45, 7) is 3.22. The number of amides is 1. The van der Waals surface area contributed by atoms with E-state index in [4.69, 9.17) is 14.7 Å². The number of piperidine rings is 1. The van der Waals surface area contributed by atoms with Crippen molar-refractivity contribution in [1.82, 2.24) is 4.90 Å². The van der Waals surface area contributed by atoms with Crippen molar-refractivity contribution in [3.63, 3.8) is 0 Å². The maximum Gasteiger partial charge on any atom is 0.225 e. The number of hydrogen-bond donors (Lipinski definition) is 1. The highest BCUT2D eigenvalue weighted by atomic mass is 16.6. The Morgan fingerprint density at radius 2 is 1.81 bits per heavy atom. The third kappa shape index (κ3) is 5.04. The molecule has 4 rings (SSSR count). The smallest absolute Gasteiger partial charge is 0.225 e. The second-order valence-corrected chi connectivity index (χ2v) is 7.79. The molecule has 0 radical (unpaired) electrons. The minimum Gasteiger partial charge on any atom is -0.486 e. The van der Waals surface area contributed by atoms with Crippen LogP contribution in [0.25, 0.3) is 0 Å². The number of benzene rings is 2. The summed E-state index contributed by atoms with van der Waals surface area (Å²) < 4.78 is 11.1. The topological polar surface area (TPSA) is 91.7 Å². The number of Topliss-reactive ketones (excluding diaryl/α,β-unsaturated/α-hetero) is 1. The third-order valence-electron chi connectivity index (χ3n) is 5.76. The first-order valence-corrected chi connectivity index (χ1v) is 10.6. The lowest BCUT2D eigenvalue weighted by atomic mass is 9.88. The van der Waals surface area contributed by atoms with E-state index < -0.39 is 0 Å². The van der Waals surface area contributed by atoms with E-state index in [1.165, 1.54) is 0 Å². The standard InChI is InChI=1S/C24H25N3O4/c25-16-19-3-1-2-4-20(19)26-23(28)9-12-27-10-7-17(8-11-27)24(29)18-5-6-21-22(15-18)31-14-13-30-21/h1-6,15,17H,7-14H2,(H,26,28). The van der Waals surface area contributed by atoms with E-state index in [2.05, 4.69) is 16.3 Å². The third-order valence-corrected chi connectivity index (χ3v) is 5.76. The van der Waals surface area contributed by atoms with E-state index in [1.807, 2.05) is 6.07 Å². The van der Waals surface area contributed by atoms with Crippen molar-refractivity contribution in [3.8, 4) is 17.6 Å². The number of ether oxygens (including phenoxy) is 2. The Morgan fingerprint density at radius 1 is 1.06 bits per heavy atom. The number of fused-ring (bicyclic) bond motifs is 1. The van der Waals surface area contributed by atoms with E-state index in [0.717, 1.165) is 25.9 Å². The number of hydrogen-bond acceptors (Lipinski definition) is 6. The summed E-state index contributed by atoms with van der Waals surface area (Å²) in [6, 6.07) is 14.4. The molecule has 7 nitrogen and oxygen atoms in total. The van der Waals surface area contributed by atoms with Crippen LogP contribution in [0.5, 0.6) is 11.5 Å². The van der Waals surface area contributed by atoms with Gasteiger partial charge in [0.05, 0.1) is 11.3 Å². The lowest BCUT2D eigenvalue weighted by Crippen LogP contribution is -2.38. The van der Waals surface area contributed by atoms with Crippen LogP contribution in [0.1, 0.15) is 35.2 Å². The molecule has 0 aromatic heterocycles. The van der Waals surface area contributed by atoms with Gasteiger partial charge in [-0.2, -0.15) is 5.26 Å². The number of nitrogens with zero attached hydrogens (tertiary/aromatic N) is 2. The van der Waals surface area contributed by atoms with Crippen LogP contribution in [0.15, 0.2) is 42.5 Å². The molecule has 2 aromatic carbocycles. The van der Waals surface area contributed by atoms with E-state index in [1.54, 1.807) is 36.4 Å². The first kappa shape index (κ1) is 20.9. The van der Waals surface area contributed by atoms with Crippen molar-refractivity contribution in [2.75, 3.05) is 38.2 Å². The minimum atomic E-state index is -0.114. The average Bonchev–Trinajstić information content (AvgIpc) is 2.82. The number of likely N-dealkylation sites (tertiary alicyclic amines) is 1. The molecule has 0 aliphatic carbocycles. The fourth-order valence-corrected chi connectivity index (χ4v) is 4.01.